The fourth-order valence-corrected chi connectivity index (χ4v) is 3.23. The number of carbonyl (C=O) groups excluding carboxylic acids is 2. The Labute approximate surface area is 151 Å². The zero-order valence-electron chi connectivity index (χ0n) is 14.2. The van der Waals surface area contributed by atoms with Gasteiger partial charge in [0.05, 0.1) is 17.3 Å². The Bertz CT molecular complexity index is 803. The van der Waals surface area contributed by atoms with Crippen molar-refractivity contribution in [1.82, 2.24) is 10.1 Å². The van der Waals surface area contributed by atoms with E-state index in [1.54, 1.807) is 30.0 Å². The Hall–Kier alpha value is -2.34. The number of amides is 2. The molecule has 1 unspecified atom stereocenters. The van der Waals surface area contributed by atoms with Crippen LogP contribution in [0.1, 0.15) is 54.0 Å². The summed E-state index contributed by atoms with van der Waals surface area (Å²) in [5.74, 6) is 0.407. The number of hydrogen-bond acceptors (Lipinski definition) is 4. The SMILES string of the molecule is CCC(=O)Nc1cc(Cl)ccc1C(=O)N1CCCC1c1cc(C)on1. The number of aryl methyl sites for hydroxylation is 1. The molecule has 2 heterocycles. The van der Waals surface area contributed by atoms with Crippen LogP contribution in [0.25, 0.3) is 0 Å². The third-order valence-corrected chi connectivity index (χ3v) is 4.54. The second-order valence-corrected chi connectivity index (χ2v) is 6.55. The first-order valence-corrected chi connectivity index (χ1v) is 8.71. The van der Waals surface area contributed by atoms with Crippen LogP contribution < -0.4 is 5.32 Å². The molecular formula is C18H20ClN3O3. The summed E-state index contributed by atoms with van der Waals surface area (Å²) >= 11 is 6.04. The van der Waals surface area contributed by atoms with Gasteiger partial charge in [0.2, 0.25) is 5.91 Å². The molecule has 0 radical (unpaired) electrons. The molecule has 25 heavy (non-hydrogen) atoms. The molecule has 0 aliphatic carbocycles. The van der Waals surface area contributed by atoms with Crippen LogP contribution in [0.15, 0.2) is 28.8 Å². The first-order chi connectivity index (χ1) is 12.0. The number of aromatic nitrogens is 1. The molecule has 6 nitrogen and oxygen atoms in total. The fourth-order valence-electron chi connectivity index (χ4n) is 3.06. The molecule has 3 rings (SSSR count). The van der Waals surface area contributed by atoms with Crippen molar-refractivity contribution in [2.45, 2.75) is 39.2 Å². The maximum absolute atomic E-state index is 13.1. The zero-order chi connectivity index (χ0) is 18.0. The van der Waals surface area contributed by atoms with Crippen molar-refractivity contribution in [3.05, 3.63) is 46.3 Å². The van der Waals surface area contributed by atoms with Crippen molar-refractivity contribution in [2.24, 2.45) is 0 Å². The predicted octanol–water partition coefficient (Wildman–Crippen LogP) is 3.96. The van der Waals surface area contributed by atoms with E-state index >= 15 is 0 Å². The summed E-state index contributed by atoms with van der Waals surface area (Å²) in [5, 5.41) is 7.29. The number of halogens is 1. The van der Waals surface area contributed by atoms with Crippen molar-refractivity contribution < 1.29 is 14.1 Å². The van der Waals surface area contributed by atoms with Crippen LogP contribution in [0.5, 0.6) is 0 Å². The van der Waals surface area contributed by atoms with Gasteiger partial charge in [-0.05, 0) is 38.0 Å². The molecule has 1 aliphatic heterocycles. The van der Waals surface area contributed by atoms with Crippen molar-refractivity contribution >= 4 is 29.1 Å². The summed E-state index contributed by atoms with van der Waals surface area (Å²) in [6, 6.07) is 6.66. The minimum Gasteiger partial charge on any atom is -0.361 e. The van der Waals surface area contributed by atoms with Crippen LogP contribution in [0, 0.1) is 6.92 Å². The molecule has 1 saturated heterocycles. The van der Waals surface area contributed by atoms with Gasteiger partial charge in [0, 0.05) is 24.1 Å². The Morgan fingerprint density at radius 1 is 1.40 bits per heavy atom. The number of nitrogens with one attached hydrogen (secondary N) is 1. The number of benzene rings is 1. The van der Waals surface area contributed by atoms with Crippen LogP contribution in [0.4, 0.5) is 5.69 Å². The molecule has 0 spiro atoms. The van der Waals surface area contributed by atoms with Gasteiger partial charge < -0.3 is 14.7 Å². The number of hydrogen-bond donors (Lipinski definition) is 1. The number of carbonyl (C=O) groups is 2. The minimum atomic E-state index is -0.165. The molecule has 1 aromatic heterocycles. The van der Waals surface area contributed by atoms with Gasteiger partial charge in [-0.2, -0.15) is 0 Å². The van der Waals surface area contributed by atoms with Gasteiger partial charge in [-0.15, -0.1) is 0 Å². The maximum atomic E-state index is 13.1. The van der Waals surface area contributed by atoms with E-state index in [1.165, 1.54) is 0 Å². The highest BCUT2D eigenvalue weighted by Crippen LogP contribution is 2.34. The summed E-state index contributed by atoms with van der Waals surface area (Å²) in [7, 11) is 0. The van der Waals surface area contributed by atoms with Crippen LogP contribution in [-0.2, 0) is 4.79 Å². The lowest BCUT2D eigenvalue weighted by molar-refractivity contribution is -0.115. The zero-order valence-corrected chi connectivity index (χ0v) is 15.0. The summed E-state index contributed by atoms with van der Waals surface area (Å²) in [6.45, 7) is 4.22. The number of likely N-dealkylation sites (tertiary alicyclic amines) is 1. The van der Waals surface area contributed by atoms with Crippen LogP contribution in [-0.4, -0.2) is 28.4 Å². The monoisotopic (exact) mass is 361 g/mol. The number of rotatable bonds is 4. The third kappa shape index (κ3) is 3.69. The van der Waals surface area contributed by atoms with E-state index in [2.05, 4.69) is 10.5 Å². The number of anilines is 1. The molecule has 1 atom stereocenters. The molecule has 1 N–H and O–H groups in total. The Balaban J connectivity index is 1.90. The average molecular weight is 362 g/mol. The van der Waals surface area contributed by atoms with Crippen molar-refractivity contribution in [1.29, 1.82) is 0 Å². The smallest absolute Gasteiger partial charge is 0.256 e. The molecular weight excluding hydrogens is 342 g/mol. The third-order valence-electron chi connectivity index (χ3n) is 4.31. The molecule has 1 aliphatic rings. The van der Waals surface area contributed by atoms with Crippen molar-refractivity contribution in [3.8, 4) is 0 Å². The Morgan fingerprint density at radius 3 is 2.88 bits per heavy atom. The molecule has 7 heteroatoms. The summed E-state index contributed by atoms with van der Waals surface area (Å²) in [4.78, 5) is 26.7. The van der Waals surface area contributed by atoms with Crippen LogP contribution >= 0.6 is 11.6 Å². The molecule has 132 valence electrons. The largest absolute Gasteiger partial charge is 0.361 e. The highest BCUT2D eigenvalue weighted by molar-refractivity contribution is 6.31. The number of nitrogens with zero attached hydrogens (tertiary/aromatic N) is 2. The van der Waals surface area contributed by atoms with Gasteiger partial charge in [-0.25, -0.2) is 0 Å². The lowest BCUT2D eigenvalue weighted by Crippen LogP contribution is -2.31. The molecule has 2 aromatic rings. The van der Waals surface area contributed by atoms with Crippen LogP contribution in [0.2, 0.25) is 5.02 Å². The summed E-state index contributed by atoms with van der Waals surface area (Å²) in [6.07, 6.45) is 2.05. The van der Waals surface area contributed by atoms with Crippen LogP contribution in [0.3, 0.4) is 0 Å². The fraction of sp³-hybridized carbons (Fsp3) is 0.389. The van der Waals surface area contributed by atoms with Gasteiger partial charge in [-0.1, -0.05) is 23.7 Å². The van der Waals surface area contributed by atoms with Gasteiger partial charge in [-0.3, -0.25) is 9.59 Å². The molecule has 2 amide bonds. The minimum absolute atomic E-state index is 0.115. The first kappa shape index (κ1) is 17.5. The van der Waals surface area contributed by atoms with E-state index in [-0.39, 0.29) is 17.9 Å². The summed E-state index contributed by atoms with van der Waals surface area (Å²) in [5.41, 5.74) is 1.63. The van der Waals surface area contributed by atoms with E-state index in [0.717, 1.165) is 24.3 Å². The molecule has 0 saturated carbocycles. The maximum Gasteiger partial charge on any atom is 0.256 e. The van der Waals surface area contributed by atoms with E-state index < -0.39 is 0 Å². The van der Waals surface area contributed by atoms with Crippen molar-refractivity contribution in [2.75, 3.05) is 11.9 Å². The van der Waals surface area contributed by atoms with E-state index in [1.807, 2.05) is 13.0 Å². The highest BCUT2D eigenvalue weighted by atomic mass is 35.5. The highest BCUT2D eigenvalue weighted by Gasteiger charge is 2.33. The second-order valence-electron chi connectivity index (χ2n) is 6.11. The lowest BCUT2D eigenvalue weighted by atomic mass is 10.1. The molecule has 1 aromatic carbocycles. The van der Waals surface area contributed by atoms with E-state index in [9.17, 15) is 9.59 Å². The molecule has 1 fully saturated rings. The normalized spacial score (nSPS) is 16.9. The van der Waals surface area contributed by atoms with Gasteiger partial charge in [0.25, 0.3) is 5.91 Å². The Morgan fingerprint density at radius 2 is 2.20 bits per heavy atom. The quantitative estimate of drug-likeness (QED) is 0.894. The Kier molecular flexibility index (Phi) is 5.08. The first-order valence-electron chi connectivity index (χ1n) is 8.33. The summed E-state index contributed by atoms with van der Waals surface area (Å²) < 4.78 is 5.15. The molecule has 0 bridgehead atoms. The average Bonchev–Trinajstić information content (AvgIpc) is 3.22. The van der Waals surface area contributed by atoms with Gasteiger partial charge >= 0.3 is 0 Å². The van der Waals surface area contributed by atoms with Gasteiger partial charge in [0.15, 0.2) is 0 Å². The second kappa shape index (κ2) is 7.27. The predicted molar refractivity (Wildman–Crippen MR) is 94.6 cm³/mol. The van der Waals surface area contributed by atoms with E-state index in [0.29, 0.717) is 29.2 Å². The van der Waals surface area contributed by atoms with E-state index in [4.69, 9.17) is 16.1 Å². The van der Waals surface area contributed by atoms with Crippen molar-refractivity contribution in [3.63, 3.8) is 0 Å². The topological polar surface area (TPSA) is 75.4 Å². The standard InChI is InChI=1S/C18H20ClN3O3/c1-3-17(23)20-14-10-12(19)6-7-13(14)18(24)22-8-4-5-16(22)15-9-11(2)25-21-15/h6-7,9-10,16H,3-5,8H2,1-2H3,(H,20,23). The lowest BCUT2D eigenvalue weighted by Gasteiger charge is -2.24. The van der Waals surface area contributed by atoms with Gasteiger partial charge in [0.1, 0.15) is 11.5 Å².